The first-order valence-electron chi connectivity index (χ1n) is 9.51. The monoisotopic (exact) mass is 369 g/mol. The second-order valence-corrected chi connectivity index (χ2v) is 7.21. The molecule has 1 aromatic heterocycles. The highest BCUT2D eigenvalue weighted by Crippen LogP contribution is 2.28. The second kappa shape index (κ2) is 7.60. The van der Waals surface area contributed by atoms with Gasteiger partial charge in [0.2, 0.25) is 5.95 Å². The van der Waals surface area contributed by atoms with E-state index >= 15 is 0 Å². The Balaban J connectivity index is 1.54. The molecule has 144 valence electrons. The summed E-state index contributed by atoms with van der Waals surface area (Å²) in [7, 11) is 3.35. The van der Waals surface area contributed by atoms with Crippen LogP contribution in [-0.4, -0.2) is 48.7 Å². The molecule has 0 radical (unpaired) electrons. The molecule has 4 rings (SSSR count). The smallest absolute Gasteiger partial charge is 0.227 e. The van der Waals surface area contributed by atoms with E-state index in [4.69, 9.17) is 20.2 Å². The zero-order chi connectivity index (χ0) is 18.8. The molecule has 27 heavy (non-hydrogen) atoms. The van der Waals surface area contributed by atoms with Crippen LogP contribution in [0.1, 0.15) is 29.7 Å². The fraction of sp³-hybridized carbons (Fsp3) is 0.500. The number of ether oxygens (including phenoxy) is 2. The molecular formula is C20H27N5O2. The number of benzene rings is 1. The van der Waals surface area contributed by atoms with Gasteiger partial charge in [0.1, 0.15) is 17.3 Å². The number of aromatic nitrogens is 2. The fourth-order valence-corrected chi connectivity index (χ4v) is 3.91. The van der Waals surface area contributed by atoms with E-state index in [9.17, 15) is 0 Å². The minimum absolute atomic E-state index is 0.643. The van der Waals surface area contributed by atoms with Crippen molar-refractivity contribution in [1.82, 2.24) is 14.9 Å². The van der Waals surface area contributed by atoms with Gasteiger partial charge in [0.25, 0.3) is 0 Å². The summed E-state index contributed by atoms with van der Waals surface area (Å²) in [6.45, 7) is 4.57. The van der Waals surface area contributed by atoms with Gasteiger partial charge in [-0.3, -0.25) is 4.90 Å². The van der Waals surface area contributed by atoms with Gasteiger partial charge in [-0.05, 0) is 37.0 Å². The van der Waals surface area contributed by atoms with Crippen LogP contribution in [0.4, 0.5) is 11.8 Å². The second-order valence-electron chi connectivity index (χ2n) is 7.21. The van der Waals surface area contributed by atoms with E-state index in [1.807, 2.05) is 6.07 Å². The molecule has 7 heteroatoms. The third-order valence-electron chi connectivity index (χ3n) is 5.37. The van der Waals surface area contributed by atoms with Crippen molar-refractivity contribution >= 4 is 11.8 Å². The molecule has 2 aliphatic heterocycles. The number of nitrogen functional groups attached to an aromatic ring is 1. The average molecular weight is 369 g/mol. The van der Waals surface area contributed by atoms with E-state index in [-0.39, 0.29) is 0 Å². The third kappa shape index (κ3) is 3.78. The minimum atomic E-state index is 0.643. The molecule has 1 aromatic carbocycles. The summed E-state index contributed by atoms with van der Waals surface area (Å²) in [6.07, 6.45) is 3.27. The number of rotatable bonds is 5. The number of anilines is 2. The minimum Gasteiger partial charge on any atom is -0.497 e. The predicted octanol–water partition coefficient (Wildman–Crippen LogP) is 2.23. The van der Waals surface area contributed by atoms with Gasteiger partial charge in [0.15, 0.2) is 0 Å². The molecule has 3 heterocycles. The lowest BCUT2D eigenvalue weighted by molar-refractivity contribution is 0.241. The molecule has 0 amide bonds. The number of methoxy groups -OCH3 is 2. The first-order valence-corrected chi connectivity index (χ1v) is 9.51. The molecule has 2 aliphatic rings. The summed E-state index contributed by atoms with van der Waals surface area (Å²) in [5.41, 5.74) is 9.59. The van der Waals surface area contributed by atoms with E-state index in [1.54, 1.807) is 14.2 Å². The highest BCUT2D eigenvalue weighted by molar-refractivity contribution is 5.49. The molecule has 0 saturated carbocycles. The van der Waals surface area contributed by atoms with Gasteiger partial charge >= 0.3 is 0 Å². The Labute approximate surface area is 160 Å². The normalized spacial score (nSPS) is 17.0. The highest BCUT2D eigenvalue weighted by atomic mass is 16.5. The van der Waals surface area contributed by atoms with Crippen LogP contribution >= 0.6 is 0 Å². The Morgan fingerprint density at radius 1 is 1.00 bits per heavy atom. The molecule has 1 saturated heterocycles. The summed E-state index contributed by atoms with van der Waals surface area (Å²) in [5, 5.41) is 0. The van der Waals surface area contributed by atoms with Gasteiger partial charge in [-0.25, -0.2) is 4.98 Å². The first kappa shape index (κ1) is 17.9. The number of hydrogen-bond acceptors (Lipinski definition) is 7. The maximum absolute atomic E-state index is 6.25. The maximum atomic E-state index is 6.25. The molecule has 0 unspecified atom stereocenters. The van der Waals surface area contributed by atoms with Gasteiger partial charge in [-0.1, -0.05) is 0 Å². The average Bonchev–Trinajstić information content (AvgIpc) is 3.22. The van der Waals surface area contributed by atoms with Gasteiger partial charge < -0.3 is 20.1 Å². The maximum Gasteiger partial charge on any atom is 0.227 e. The van der Waals surface area contributed by atoms with Crippen LogP contribution in [0.5, 0.6) is 11.5 Å². The molecule has 1 fully saturated rings. The molecule has 2 aromatic rings. The Hall–Kier alpha value is -2.54. The van der Waals surface area contributed by atoms with Crippen LogP contribution in [0.3, 0.4) is 0 Å². The SMILES string of the molecule is COc1cc(CN2CCc3c(N)nc(N4CCCC4)nc3C2)cc(OC)c1. The van der Waals surface area contributed by atoms with Crippen molar-refractivity contribution in [3.8, 4) is 11.5 Å². The lowest BCUT2D eigenvalue weighted by Gasteiger charge is -2.29. The molecule has 0 atom stereocenters. The van der Waals surface area contributed by atoms with E-state index in [1.165, 1.54) is 12.8 Å². The van der Waals surface area contributed by atoms with Gasteiger partial charge in [0, 0.05) is 44.4 Å². The number of fused-ring (bicyclic) bond motifs is 1. The van der Waals surface area contributed by atoms with Crippen molar-refractivity contribution in [3.63, 3.8) is 0 Å². The zero-order valence-corrected chi connectivity index (χ0v) is 16.1. The lowest BCUT2D eigenvalue weighted by Crippen LogP contribution is -2.32. The molecular weight excluding hydrogens is 342 g/mol. The van der Waals surface area contributed by atoms with Crippen LogP contribution in [0.15, 0.2) is 18.2 Å². The van der Waals surface area contributed by atoms with E-state index in [0.29, 0.717) is 5.82 Å². The summed E-state index contributed by atoms with van der Waals surface area (Å²) in [5.74, 6) is 3.05. The number of hydrogen-bond donors (Lipinski definition) is 1. The van der Waals surface area contributed by atoms with Crippen molar-refractivity contribution < 1.29 is 9.47 Å². The van der Waals surface area contributed by atoms with Crippen LogP contribution in [0, 0.1) is 0 Å². The first-order chi connectivity index (χ1) is 13.2. The zero-order valence-electron chi connectivity index (χ0n) is 16.1. The van der Waals surface area contributed by atoms with Crippen LogP contribution in [-0.2, 0) is 19.5 Å². The topological polar surface area (TPSA) is 76.7 Å². The molecule has 0 aliphatic carbocycles. The summed E-state index contributed by atoms with van der Waals surface area (Å²) in [6, 6.07) is 6.01. The standard InChI is InChI=1S/C20H27N5O2/c1-26-15-9-14(10-16(11-15)27-2)12-24-8-5-17-18(13-24)22-20(23-19(17)21)25-6-3-4-7-25/h9-11H,3-8,12-13H2,1-2H3,(H2,21,22,23). The lowest BCUT2D eigenvalue weighted by atomic mass is 10.0. The summed E-state index contributed by atoms with van der Waals surface area (Å²) < 4.78 is 10.8. The Morgan fingerprint density at radius 3 is 2.37 bits per heavy atom. The van der Waals surface area contributed by atoms with Crippen molar-refractivity contribution in [2.75, 3.05) is 44.5 Å². The quantitative estimate of drug-likeness (QED) is 0.866. The highest BCUT2D eigenvalue weighted by Gasteiger charge is 2.24. The van der Waals surface area contributed by atoms with Crippen molar-refractivity contribution in [3.05, 3.63) is 35.0 Å². The van der Waals surface area contributed by atoms with E-state index in [0.717, 1.165) is 73.4 Å². The fourth-order valence-electron chi connectivity index (χ4n) is 3.91. The van der Waals surface area contributed by atoms with E-state index < -0.39 is 0 Å². The molecule has 0 spiro atoms. The molecule has 2 N–H and O–H groups in total. The van der Waals surface area contributed by atoms with Crippen molar-refractivity contribution in [2.45, 2.75) is 32.4 Å². The van der Waals surface area contributed by atoms with Crippen molar-refractivity contribution in [2.24, 2.45) is 0 Å². The predicted molar refractivity (Wildman–Crippen MR) is 105 cm³/mol. The third-order valence-corrected chi connectivity index (χ3v) is 5.37. The number of nitrogens with two attached hydrogens (primary N) is 1. The van der Waals surface area contributed by atoms with Crippen molar-refractivity contribution in [1.29, 1.82) is 0 Å². The van der Waals surface area contributed by atoms with Crippen LogP contribution < -0.4 is 20.1 Å². The summed E-state index contributed by atoms with van der Waals surface area (Å²) in [4.78, 5) is 14.0. The van der Waals surface area contributed by atoms with Gasteiger partial charge in [-0.15, -0.1) is 0 Å². The van der Waals surface area contributed by atoms with Crippen LogP contribution in [0.25, 0.3) is 0 Å². The largest absolute Gasteiger partial charge is 0.497 e. The van der Waals surface area contributed by atoms with Gasteiger partial charge in [0.05, 0.1) is 19.9 Å². The van der Waals surface area contributed by atoms with Gasteiger partial charge in [-0.2, -0.15) is 4.98 Å². The Morgan fingerprint density at radius 2 is 1.70 bits per heavy atom. The van der Waals surface area contributed by atoms with E-state index in [2.05, 4.69) is 26.9 Å². The molecule has 7 nitrogen and oxygen atoms in total. The molecule has 0 bridgehead atoms. The summed E-state index contributed by atoms with van der Waals surface area (Å²) >= 11 is 0. The van der Waals surface area contributed by atoms with Crippen LogP contribution in [0.2, 0.25) is 0 Å². The number of nitrogens with zero attached hydrogens (tertiary/aromatic N) is 4. The Bertz CT molecular complexity index is 798. The Kier molecular flexibility index (Phi) is 5.03.